The van der Waals surface area contributed by atoms with E-state index in [1.807, 2.05) is 0 Å². The van der Waals surface area contributed by atoms with Gasteiger partial charge in [-0.1, -0.05) is 22.9 Å². The first-order chi connectivity index (χ1) is 15.2. The highest BCUT2D eigenvalue weighted by atomic mass is 35.5. The molecule has 2 aliphatic rings. The van der Waals surface area contributed by atoms with E-state index in [2.05, 4.69) is 6.07 Å². The van der Waals surface area contributed by atoms with E-state index in [0.717, 1.165) is 11.3 Å². The molecule has 1 aliphatic carbocycles. The number of anilines is 1. The zero-order valence-corrected chi connectivity index (χ0v) is 17.9. The van der Waals surface area contributed by atoms with E-state index in [0.29, 0.717) is 34.7 Å². The standard InChI is InChI=1S/C20H14ClN5O5S/c21-12-8-10(25(28)29)4-5-13(12)24-14-2-1-3-15(27)19(14)18(11(9-22)20(24)23)16-6-7-17(32-16)26(30)31/h4-8,18H,1-3,23H2. The smallest absolute Gasteiger partial charge is 0.324 e. The van der Waals surface area contributed by atoms with Crippen LogP contribution in [-0.2, 0) is 4.79 Å². The zero-order valence-electron chi connectivity index (χ0n) is 16.3. The highest BCUT2D eigenvalue weighted by Gasteiger charge is 2.41. The summed E-state index contributed by atoms with van der Waals surface area (Å²) in [7, 11) is 0. The van der Waals surface area contributed by atoms with Crippen molar-refractivity contribution >= 4 is 45.1 Å². The van der Waals surface area contributed by atoms with Crippen LogP contribution in [0.4, 0.5) is 16.4 Å². The van der Waals surface area contributed by atoms with E-state index in [4.69, 9.17) is 17.3 Å². The number of non-ortho nitro benzene ring substituents is 1. The number of thiophene rings is 1. The van der Waals surface area contributed by atoms with Gasteiger partial charge in [0.05, 0.1) is 38.1 Å². The molecule has 162 valence electrons. The molecular formula is C20H14ClN5O5S. The molecular weight excluding hydrogens is 458 g/mol. The molecule has 1 aromatic carbocycles. The van der Waals surface area contributed by atoms with Crippen molar-refractivity contribution in [1.82, 2.24) is 0 Å². The Bertz CT molecular complexity index is 1290. The van der Waals surface area contributed by atoms with Gasteiger partial charge in [-0.3, -0.25) is 29.9 Å². The van der Waals surface area contributed by atoms with Crippen LogP contribution >= 0.6 is 22.9 Å². The molecule has 0 amide bonds. The molecule has 0 bridgehead atoms. The van der Waals surface area contributed by atoms with Crippen molar-refractivity contribution < 1.29 is 14.6 Å². The van der Waals surface area contributed by atoms with Crippen LogP contribution in [0.25, 0.3) is 0 Å². The molecule has 1 atom stereocenters. The van der Waals surface area contributed by atoms with Gasteiger partial charge >= 0.3 is 5.00 Å². The number of carbonyl (C=O) groups excluding carboxylic acids is 1. The average Bonchev–Trinajstić information content (AvgIpc) is 3.24. The number of benzene rings is 1. The van der Waals surface area contributed by atoms with Crippen LogP contribution < -0.4 is 10.6 Å². The maximum Gasteiger partial charge on any atom is 0.324 e. The fourth-order valence-corrected chi connectivity index (χ4v) is 5.23. The molecule has 0 fully saturated rings. The van der Waals surface area contributed by atoms with E-state index in [1.54, 1.807) is 0 Å². The number of rotatable bonds is 4. The number of hydrogen-bond acceptors (Lipinski definition) is 9. The van der Waals surface area contributed by atoms with Crippen molar-refractivity contribution in [3.05, 3.63) is 83.1 Å². The third-order valence-electron chi connectivity index (χ3n) is 5.37. The summed E-state index contributed by atoms with van der Waals surface area (Å²) in [6.45, 7) is 0. The summed E-state index contributed by atoms with van der Waals surface area (Å²) in [6.07, 6.45) is 1.27. The minimum Gasteiger partial charge on any atom is -0.384 e. The van der Waals surface area contributed by atoms with Crippen LogP contribution in [0.5, 0.6) is 0 Å². The molecule has 4 rings (SSSR count). The van der Waals surface area contributed by atoms with E-state index in [9.17, 15) is 30.3 Å². The molecule has 2 heterocycles. The highest BCUT2D eigenvalue weighted by Crippen LogP contribution is 2.49. The lowest BCUT2D eigenvalue weighted by molar-refractivity contribution is -0.384. The van der Waals surface area contributed by atoms with E-state index in [1.165, 1.54) is 35.2 Å². The lowest BCUT2D eigenvalue weighted by Gasteiger charge is -2.39. The summed E-state index contributed by atoms with van der Waals surface area (Å²) >= 11 is 7.22. The molecule has 0 spiro atoms. The first-order valence-electron chi connectivity index (χ1n) is 9.38. The number of Topliss-reactive ketones (excluding diaryl/α,β-unsaturated/α-hetero) is 1. The van der Waals surface area contributed by atoms with Gasteiger partial charge < -0.3 is 5.73 Å². The highest BCUT2D eigenvalue weighted by molar-refractivity contribution is 7.15. The van der Waals surface area contributed by atoms with Gasteiger partial charge in [0.15, 0.2) is 5.78 Å². The molecule has 0 radical (unpaired) electrons. The van der Waals surface area contributed by atoms with Crippen LogP contribution in [0.3, 0.4) is 0 Å². The Morgan fingerprint density at radius 1 is 1.19 bits per heavy atom. The Balaban J connectivity index is 1.94. The van der Waals surface area contributed by atoms with Gasteiger partial charge in [-0.2, -0.15) is 5.26 Å². The quantitative estimate of drug-likeness (QED) is 0.503. The SMILES string of the molecule is N#CC1=C(N)N(c2ccc([N+](=O)[O-])cc2Cl)C2=C(C(=O)CCC2)C1c1ccc([N+](=O)[O-])s1. The number of nitro groups is 2. The maximum absolute atomic E-state index is 13.0. The number of nitrogens with two attached hydrogens (primary N) is 1. The zero-order chi connectivity index (χ0) is 23.2. The number of hydrogen-bond donors (Lipinski definition) is 1. The lowest BCUT2D eigenvalue weighted by Crippen LogP contribution is -2.38. The largest absolute Gasteiger partial charge is 0.384 e. The van der Waals surface area contributed by atoms with Crippen molar-refractivity contribution in [3.8, 4) is 6.07 Å². The summed E-state index contributed by atoms with van der Waals surface area (Å²) in [5, 5.41) is 32.1. The number of nitrogens with zero attached hydrogens (tertiary/aromatic N) is 4. The minimum atomic E-state index is -0.824. The second-order valence-corrected chi connectivity index (χ2v) is 8.64. The normalized spacial score (nSPS) is 18.4. The first kappa shape index (κ1) is 21.5. The summed E-state index contributed by atoms with van der Waals surface area (Å²) in [5.74, 6) is -0.983. The number of halogens is 1. The van der Waals surface area contributed by atoms with E-state index < -0.39 is 15.8 Å². The Morgan fingerprint density at radius 2 is 1.94 bits per heavy atom. The fraction of sp³-hybridized carbons (Fsp3) is 0.200. The Kier molecular flexibility index (Phi) is 5.41. The second-order valence-electron chi connectivity index (χ2n) is 7.14. The molecule has 2 aromatic rings. The monoisotopic (exact) mass is 471 g/mol. The van der Waals surface area contributed by atoms with Gasteiger partial charge in [0.25, 0.3) is 5.69 Å². The molecule has 32 heavy (non-hydrogen) atoms. The van der Waals surface area contributed by atoms with Crippen LogP contribution in [0.1, 0.15) is 30.1 Å². The average molecular weight is 472 g/mol. The number of nitro benzene ring substituents is 1. The van der Waals surface area contributed by atoms with Crippen molar-refractivity contribution in [3.63, 3.8) is 0 Å². The van der Waals surface area contributed by atoms with Gasteiger partial charge in [-0.25, -0.2) is 0 Å². The third kappa shape index (κ3) is 3.39. The van der Waals surface area contributed by atoms with Crippen molar-refractivity contribution in [2.24, 2.45) is 5.73 Å². The summed E-state index contributed by atoms with van der Waals surface area (Å²) in [5.41, 5.74) is 7.43. The molecule has 1 unspecified atom stereocenters. The predicted molar refractivity (Wildman–Crippen MR) is 117 cm³/mol. The number of allylic oxidation sites excluding steroid dienone is 3. The van der Waals surface area contributed by atoms with Crippen LogP contribution in [-0.4, -0.2) is 15.6 Å². The molecule has 2 N–H and O–H groups in total. The van der Waals surface area contributed by atoms with Gasteiger partial charge in [0, 0.05) is 40.8 Å². The lowest BCUT2D eigenvalue weighted by atomic mass is 9.78. The van der Waals surface area contributed by atoms with Gasteiger partial charge in [-0.05, 0) is 25.0 Å². The Hall–Kier alpha value is -3.75. The Morgan fingerprint density at radius 3 is 2.53 bits per heavy atom. The van der Waals surface area contributed by atoms with Crippen LogP contribution in [0.2, 0.25) is 5.02 Å². The third-order valence-corrected chi connectivity index (χ3v) is 6.78. The Labute approximate surface area is 190 Å². The number of carbonyl (C=O) groups is 1. The van der Waals surface area contributed by atoms with E-state index in [-0.39, 0.29) is 39.3 Å². The van der Waals surface area contributed by atoms with Gasteiger partial charge in [-0.15, -0.1) is 0 Å². The summed E-state index contributed by atoms with van der Waals surface area (Å²) in [6, 6.07) is 8.77. The fourth-order valence-electron chi connectivity index (χ4n) is 4.03. The van der Waals surface area contributed by atoms with Crippen molar-refractivity contribution in [2.75, 3.05) is 4.90 Å². The molecule has 10 nitrogen and oxygen atoms in total. The maximum atomic E-state index is 13.0. The van der Waals surface area contributed by atoms with Gasteiger partial charge in [0.1, 0.15) is 5.82 Å². The molecule has 1 aliphatic heterocycles. The van der Waals surface area contributed by atoms with Crippen molar-refractivity contribution in [2.45, 2.75) is 25.2 Å². The van der Waals surface area contributed by atoms with Gasteiger partial charge in [0.2, 0.25) is 0 Å². The van der Waals surface area contributed by atoms with Crippen LogP contribution in [0, 0.1) is 31.6 Å². The van der Waals surface area contributed by atoms with Crippen LogP contribution in [0.15, 0.2) is 53.0 Å². The number of nitriles is 1. The predicted octanol–water partition coefficient (Wildman–Crippen LogP) is 4.52. The summed E-state index contributed by atoms with van der Waals surface area (Å²) in [4.78, 5) is 36.1. The summed E-state index contributed by atoms with van der Waals surface area (Å²) < 4.78 is 0. The van der Waals surface area contributed by atoms with Crippen molar-refractivity contribution in [1.29, 1.82) is 5.26 Å². The molecule has 0 saturated heterocycles. The first-order valence-corrected chi connectivity index (χ1v) is 10.6. The molecule has 0 saturated carbocycles. The topological polar surface area (TPSA) is 156 Å². The second kappa shape index (κ2) is 8.07. The van der Waals surface area contributed by atoms with E-state index >= 15 is 0 Å². The number of ketones is 1. The molecule has 12 heteroatoms. The minimum absolute atomic E-state index is 0.0257. The molecule has 1 aromatic heterocycles.